The number of hydrogen-bond donors (Lipinski definition) is 2. The monoisotopic (exact) mass is 251 g/mol. The van der Waals surface area contributed by atoms with Crippen molar-refractivity contribution in [3.63, 3.8) is 0 Å². The Labute approximate surface area is 110 Å². The molecule has 0 heterocycles. The first kappa shape index (κ1) is 15.0. The summed E-state index contributed by atoms with van der Waals surface area (Å²) in [5.41, 5.74) is 6.78. The lowest BCUT2D eigenvalue weighted by Gasteiger charge is -2.31. The van der Waals surface area contributed by atoms with Gasteiger partial charge >= 0.3 is 0 Å². The quantitative estimate of drug-likeness (QED) is 0.865. The van der Waals surface area contributed by atoms with E-state index in [1.54, 1.807) is 0 Å². The van der Waals surface area contributed by atoms with Crippen molar-refractivity contribution in [2.24, 2.45) is 11.1 Å². The molecule has 0 saturated heterocycles. The molecule has 0 radical (unpaired) electrons. The van der Waals surface area contributed by atoms with Gasteiger partial charge in [0.1, 0.15) is 5.75 Å². The molecule has 0 aromatic heterocycles. The second kappa shape index (κ2) is 5.72. The van der Waals surface area contributed by atoms with Gasteiger partial charge in [0, 0.05) is 0 Å². The maximum atomic E-state index is 10.2. The van der Waals surface area contributed by atoms with E-state index < -0.39 is 6.10 Å². The highest BCUT2D eigenvalue weighted by atomic mass is 16.5. The number of aliphatic hydroxyl groups excluding tert-OH is 1. The predicted molar refractivity (Wildman–Crippen MR) is 74.6 cm³/mol. The molecule has 1 rings (SSSR count). The summed E-state index contributed by atoms with van der Waals surface area (Å²) in [6, 6.07) is 7.24. The maximum Gasteiger partial charge on any atom is 0.119 e. The van der Waals surface area contributed by atoms with E-state index in [1.165, 1.54) is 0 Å². The van der Waals surface area contributed by atoms with E-state index >= 15 is 0 Å². The van der Waals surface area contributed by atoms with E-state index in [0.717, 1.165) is 11.3 Å². The Morgan fingerprint density at radius 1 is 1.11 bits per heavy atom. The lowest BCUT2D eigenvalue weighted by Crippen LogP contribution is -2.36. The highest BCUT2D eigenvalue weighted by molar-refractivity contribution is 5.30. The lowest BCUT2D eigenvalue weighted by molar-refractivity contribution is 0.0401. The highest BCUT2D eigenvalue weighted by Gasteiger charge is 2.28. The summed E-state index contributed by atoms with van der Waals surface area (Å²) in [5.74, 6) is 0.825. The molecule has 0 aliphatic heterocycles. The van der Waals surface area contributed by atoms with E-state index in [9.17, 15) is 5.11 Å². The van der Waals surface area contributed by atoms with Crippen molar-refractivity contribution in [2.75, 3.05) is 0 Å². The van der Waals surface area contributed by atoms with Gasteiger partial charge in [-0.25, -0.2) is 0 Å². The second-order valence-corrected chi connectivity index (χ2v) is 6.07. The van der Waals surface area contributed by atoms with Crippen LogP contribution in [0, 0.1) is 5.41 Å². The topological polar surface area (TPSA) is 55.5 Å². The molecule has 3 N–H and O–H groups in total. The molecule has 0 saturated carbocycles. The summed E-state index contributed by atoms with van der Waals surface area (Å²) >= 11 is 0. The third kappa shape index (κ3) is 4.00. The van der Waals surface area contributed by atoms with Crippen LogP contribution in [-0.2, 0) is 0 Å². The van der Waals surface area contributed by atoms with Crippen LogP contribution in [0.5, 0.6) is 5.75 Å². The molecule has 0 amide bonds. The van der Waals surface area contributed by atoms with Gasteiger partial charge in [0.25, 0.3) is 0 Å². The van der Waals surface area contributed by atoms with Crippen LogP contribution in [0.2, 0.25) is 0 Å². The third-order valence-corrected chi connectivity index (χ3v) is 2.86. The van der Waals surface area contributed by atoms with Crippen molar-refractivity contribution in [1.82, 2.24) is 0 Å². The fourth-order valence-corrected chi connectivity index (χ4v) is 1.76. The van der Waals surface area contributed by atoms with E-state index in [-0.39, 0.29) is 17.6 Å². The number of hydrogen-bond acceptors (Lipinski definition) is 3. The summed E-state index contributed by atoms with van der Waals surface area (Å²) in [6.07, 6.45) is -0.418. The van der Waals surface area contributed by atoms with Crippen molar-refractivity contribution in [3.05, 3.63) is 29.8 Å². The molecule has 0 aliphatic rings. The van der Waals surface area contributed by atoms with Crippen molar-refractivity contribution in [2.45, 2.75) is 52.9 Å². The number of ether oxygens (including phenoxy) is 1. The Morgan fingerprint density at radius 3 is 2.00 bits per heavy atom. The molecule has 1 aromatic rings. The molecule has 0 spiro atoms. The molecule has 0 fully saturated rings. The average Bonchev–Trinajstić information content (AvgIpc) is 2.26. The van der Waals surface area contributed by atoms with Crippen LogP contribution < -0.4 is 10.5 Å². The van der Waals surface area contributed by atoms with E-state index in [1.807, 2.05) is 58.9 Å². The number of rotatable bonds is 4. The van der Waals surface area contributed by atoms with Crippen LogP contribution in [0.3, 0.4) is 0 Å². The zero-order valence-electron chi connectivity index (χ0n) is 12.0. The normalized spacial score (nSPS) is 15.6. The van der Waals surface area contributed by atoms with Crippen molar-refractivity contribution >= 4 is 0 Å². The highest BCUT2D eigenvalue weighted by Crippen LogP contribution is 2.29. The Hall–Kier alpha value is -1.06. The van der Waals surface area contributed by atoms with Crippen molar-refractivity contribution in [1.29, 1.82) is 0 Å². The third-order valence-electron chi connectivity index (χ3n) is 2.86. The Kier molecular flexibility index (Phi) is 4.77. The van der Waals surface area contributed by atoms with Crippen LogP contribution in [0.25, 0.3) is 0 Å². The molecule has 0 aliphatic carbocycles. The maximum absolute atomic E-state index is 10.2. The summed E-state index contributed by atoms with van der Waals surface area (Å²) in [5, 5.41) is 10.2. The molecule has 1 aromatic carbocycles. The molecular weight excluding hydrogens is 226 g/mol. The van der Waals surface area contributed by atoms with Gasteiger partial charge in [-0.1, -0.05) is 32.9 Å². The summed E-state index contributed by atoms with van der Waals surface area (Å²) in [7, 11) is 0. The number of aliphatic hydroxyl groups is 1. The molecule has 0 unspecified atom stereocenters. The molecule has 3 heteroatoms. The molecular formula is C15H25NO2. The van der Waals surface area contributed by atoms with Crippen LogP contribution in [-0.4, -0.2) is 17.3 Å². The zero-order chi connectivity index (χ0) is 13.9. The average molecular weight is 251 g/mol. The van der Waals surface area contributed by atoms with E-state index in [4.69, 9.17) is 10.5 Å². The van der Waals surface area contributed by atoms with Gasteiger partial charge in [-0.05, 0) is 37.0 Å². The first-order chi connectivity index (χ1) is 8.21. The Bertz CT molecular complexity index is 365. The van der Waals surface area contributed by atoms with Crippen molar-refractivity contribution in [3.8, 4) is 5.75 Å². The fourth-order valence-electron chi connectivity index (χ4n) is 1.76. The van der Waals surface area contributed by atoms with Crippen molar-refractivity contribution < 1.29 is 9.84 Å². The van der Waals surface area contributed by atoms with Gasteiger partial charge in [0.05, 0.1) is 18.2 Å². The van der Waals surface area contributed by atoms with Gasteiger partial charge in [-0.15, -0.1) is 0 Å². The number of nitrogens with two attached hydrogens (primary N) is 1. The SMILES string of the molecule is CC(C)Oc1ccc([C@@H](N)[C@@H](O)C(C)(C)C)cc1. The first-order valence-electron chi connectivity index (χ1n) is 6.42. The minimum absolute atomic E-state index is 0.157. The lowest BCUT2D eigenvalue weighted by atomic mass is 9.82. The largest absolute Gasteiger partial charge is 0.491 e. The zero-order valence-corrected chi connectivity index (χ0v) is 12.0. The van der Waals surface area contributed by atoms with Gasteiger partial charge in [-0.3, -0.25) is 0 Å². The Morgan fingerprint density at radius 2 is 1.61 bits per heavy atom. The molecule has 102 valence electrons. The summed E-state index contributed by atoms with van der Waals surface area (Å²) < 4.78 is 5.57. The number of benzene rings is 1. The van der Waals surface area contributed by atoms with Crippen LogP contribution in [0.1, 0.15) is 46.2 Å². The summed E-state index contributed by atoms with van der Waals surface area (Å²) in [4.78, 5) is 0. The predicted octanol–water partition coefficient (Wildman–Crippen LogP) is 2.88. The van der Waals surface area contributed by atoms with E-state index in [0.29, 0.717) is 0 Å². The molecule has 3 nitrogen and oxygen atoms in total. The van der Waals surface area contributed by atoms with Gasteiger partial charge in [0.15, 0.2) is 0 Å². The minimum Gasteiger partial charge on any atom is -0.491 e. The van der Waals surface area contributed by atoms with Gasteiger partial charge in [0.2, 0.25) is 0 Å². The fraction of sp³-hybridized carbons (Fsp3) is 0.600. The van der Waals surface area contributed by atoms with Crippen LogP contribution >= 0.6 is 0 Å². The Balaban J connectivity index is 2.79. The molecule has 2 atom stereocenters. The first-order valence-corrected chi connectivity index (χ1v) is 6.42. The second-order valence-electron chi connectivity index (χ2n) is 6.07. The minimum atomic E-state index is -0.575. The smallest absolute Gasteiger partial charge is 0.119 e. The summed E-state index contributed by atoms with van der Waals surface area (Å²) in [6.45, 7) is 9.92. The van der Waals surface area contributed by atoms with Gasteiger partial charge in [-0.2, -0.15) is 0 Å². The van der Waals surface area contributed by atoms with E-state index in [2.05, 4.69) is 0 Å². The molecule has 18 heavy (non-hydrogen) atoms. The van der Waals surface area contributed by atoms with Crippen LogP contribution in [0.15, 0.2) is 24.3 Å². The van der Waals surface area contributed by atoms with Gasteiger partial charge < -0.3 is 15.6 Å². The van der Waals surface area contributed by atoms with Crippen LogP contribution in [0.4, 0.5) is 0 Å². The standard InChI is InChI=1S/C15H25NO2/c1-10(2)18-12-8-6-11(7-9-12)13(16)14(17)15(3,4)5/h6-10,13-14,17H,16H2,1-5H3/t13-,14-/m1/s1. The molecule has 0 bridgehead atoms.